The first-order chi connectivity index (χ1) is 11.3. The molecule has 0 bridgehead atoms. The molecule has 0 aromatic heterocycles. The lowest BCUT2D eigenvalue weighted by Gasteiger charge is -2.21. The predicted molar refractivity (Wildman–Crippen MR) is 78.8 cm³/mol. The molecule has 0 saturated carbocycles. The van der Waals surface area contributed by atoms with Gasteiger partial charge < -0.3 is 10.1 Å². The van der Waals surface area contributed by atoms with Gasteiger partial charge in [-0.05, 0) is 24.3 Å². The van der Waals surface area contributed by atoms with Crippen molar-refractivity contribution in [2.24, 2.45) is 4.99 Å². The van der Waals surface area contributed by atoms with E-state index in [0.29, 0.717) is 11.4 Å². The van der Waals surface area contributed by atoms with E-state index in [0.717, 1.165) is 6.07 Å². The Kier molecular flexibility index (Phi) is 3.81. The number of urea groups is 1. The number of carbonyl (C=O) groups is 1. The molecule has 1 heterocycles. The van der Waals surface area contributed by atoms with Gasteiger partial charge in [-0.1, -0.05) is 17.7 Å². The SMILES string of the molecule is N#Cc1ccc(Cl)c(C2C=CC3=NC(=O)NC3=C2)c1OC(F)(F)F. The van der Waals surface area contributed by atoms with Crippen LogP contribution in [-0.4, -0.2) is 18.1 Å². The molecule has 0 fully saturated rings. The third kappa shape index (κ3) is 2.98. The minimum atomic E-state index is -4.98. The standard InChI is InChI=1S/C15H7ClF3N3O2/c16-9-3-1-8(6-20)13(24-15(17,18)19)12(9)7-2-4-10-11(5-7)22-14(23)21-10/h1-5,7H,(H,22,23). The third-order valence-electron chi connectivity index (χ3n) is 3.36. The van der Waals surface area contributed by atoms with Crippen LogP contribution in [0.3, 0.4) is 0 Å². The number of hydrogen-bond donors (Lipinski definition) is 1. The second kappa shape index (κ2) is 5.69. The van der Waals surface area contributed by atoms with Gasteiger partial charge in [0, 0.05) is 16.5 Å². The number of benzene rings is 1. The average Bonchev–Trinajstić information content (AvgIpc) is 2.85. The fourth-order valence-electron chi connectivity index (χ4n) is 2.44. The summed E-state index contributed by atoms with van der Waals surface area (Å²) in [6.45, 7) is 0. The Morgan fingerprint density at radius 1 is 1.38 bits per heavy atom. The van der Waals surface area contributed by atoms with E-state index in [1.807, 2.05) is 0 Å². The lowest BCUT2D eigenvalue weighted by atomic mass is 9.90. The van der Waals surface area contributed by atoms with Crippen molar-refractivity contribution >= 4 is 23.3 Å². The number of amides is 2. The van der Waals surface area contributed by atoms with Crippen LogP contribution in [0.15, 0.2) is 41.1 Å². The van der Waals surface area contributed by atoms with E-state index in [4.69, 9.17) is 16.9 Å². The molecule has 122 valence electrons. The highest BCUT2D eigenvalue weighted by Gasteiger charge is 2.35. The molecule has 1 N–H and O–H groups in total. The number of rotatable bonds is 2. The molecular formula is C15H7ClF3N3O2. The number of hydrogen-bond acceptors (Lipinski definition) is 3. The number of fused-ring (bicyclic) bond motifs is 1. The van der Waals surface area contributed by atoms with Crippen molar-refractivity contribution in [2.45, 2.75) is 12.3 Å². The highest BCUT2D eigenvalue weighted by Crippen LogP contribution is 2.41. The summed E-state index contributed by atoms with van der Waals surface area (Å²) in [5, 5.41) is 11.5. The van der Waals surface area contributed by atoms with Gasteiger partial charge in [-0.3, -0.25) is 0 Å². The van der Waals surface area contributed by atoms with Crippen LogP contribution >= 0.6 is 11.6 Å². The summed E-state index contributed by atoms with van der Waals surface area (Å²) in [4.78, 5) is 15.0. The van der Waals surface area contributed by atoms with Crippen molar-refractivity contribution in [2.75, 3.05) is 0 Å². The first-order valence-corrected chi connectivity index (χ1v) is 6.94. The smallest absolute Gasteiger partial charge is 0.404 e. The van der Waals surface area contributed by atoms with Gasteiger partial charge >= 0.3 is 12.4 Å². The van der Waals surface area contributed by atoms with Crippen molar-refractivity contribution in [3.05, 3.63) is 52.2 Å². The number of aliphatic imine (C=N–C) groups is 1. The van der Waals surface area contributed by atoms with Crippen LogP contribution < -0.4 is 10.1 Å². The molecule has 24 heavy (non-hydrogen) atoms. The minimum absolute atomic E-state index is 0.00413. The zero-order chi connectivity index (χ0) is 17.5. The number of alkyl halides is 3. The Morgan fingerprint density at radius 3 is 2.79 bits per heavy atom. The molecule has 3 rings (SSSR count). The molecule has 0 saturated heterocycles. The van der Waals surface area contributed by atoms with Gasteiger partial charge in [0.25, 0.3) is 0 Å². The third-order valence-corrected chi connectivity index (χ3v) is 3.69. The van der Waals surface area contributed by atoms with Gasteiger partial charge in [0.05, 0.1) is 17.0 Å². The van der Waals surface area contributed by atoms with Crippen LogP contribution in [0.25, 0.3) is 0 Å². The number of nitriles is 1. The summed E-state index contributed by atoms with van der Waals surface area (Å²) >= 11 is 6.05. The number of nitrogens with one attached hydrogen (secondary N) is 1. The number of allylic oxidation sites excluding steroid dienone is 3. The summed E-state index contributed by atoms with van der Waals surface area (Å²) in [5.41, 5.74) is 0.427. The lowest BCUT2D eigenvalue weighted by molar-refractivity contribution is -0.275. The molecule has 2 aliphatic rings. The van der Waals surface area contributed by atoms with Gasteiger partial charge in [0.15, 0.2) is 5.75 Å². The Morgan fingerprint density at radius 2 is 2.12 bits per heavy atom. The summed E-state index contributed by atoms with van der Waals surface area (Å²) in [5.74, 6) is -1.38. The van der Waals surface area contributed by atoms with Crippen molar-refractivity contribution in [3.63, 3.8) is 0 Å². The van der Waals surface area contributed by atoms with Crippen LogP contribution in [0.5, 0.6) is 5.75 Å². The van der Waals surface area contributed by atoms with Gasteiger partial charge in [-0.2, -0.15) is 10.3 Å². The summed E-state index contributed by atoms with van der Waals surface area (Å²) in [6, 6.07) is 3.56. The summed E-state index contributed by atoms with van der Waals surface area (Å²) < 4.78 is 42.2. The first-order valence-electron chi connectivity index (χ1n) is 6.57. The van der Waals surface area contributed by atoms with Crippen LogP contribution in [0, 0.1) is 11.3 Å². The quantitative estimate of drug-likeness (QED) is 0.878. The fourth-order valence-corrected chi connectivity index (χ4v) is 2.72. The Labute approximate surface area is 138 Å². The van der Waals surface area contributed by atoms with E-state index >= 15 is 0 Å². The molecule has 5 nitrogen and oxygen atoms in total. The molecule has 2 amide bonds. The molecule has 1 aliphatic carbocycles. The van der Waals surface area contributed by atoms with Gasteiger partial charge in [0.1, 0.15) is 6.07 Å². The number of ether oxygens (including phenoxy) is 1. The maximum atomic E-state index is 12.7. The van der Waals surface area contributed by atoms with E-state index in [1.54, 1.807) is 6.07 Å². The molecule has 1 atom stereocenters. The van der Waals surface area contributed by atoms with Crippen molar-refractivity contribution in [3.8, 4) is 11.8 Å². The number of nitrogens with zero attached hydrogens (tertiary/aromatic N) is 2. The van der Waals surface area contributed by atoms with E-state index in [9.17, 15) is 18.0 Å². The predicted octanol–water partition coefficient (Wildman–Crippen LogP) is 3.81. The number of carbonyl (C=O) groups excluding carboxylic acids is 1. The van der Waals surface area contributed by atoms with E-state index in [2.05, 4.69) is 15.0 Å². The van der Waals surface area contributed by atoms with E-state index in [1.165, 1.54) is 24.3 Å². The van der Waals surface area contributed by atoms with Crippen molar-refractivity contribution < 1.29 is 22.7 Å². The average molecular weight is 354 g/mol. The number of halogens is 4. The lowest BCUT2D eigenvalue weighted by Crippen LogP contribution is -2.21. The normalized spacial score (nSPS) is 19.1. The Hall–Kier alpha value is -2.79. The molecular weight excluding hydrogens is 347 g/mol. The first kappa shape index (κ1) is 16.1. The molecule has 1 aromatic carbocycles. The fraction of sp³-hybridized carbons (Fsp3) is 0.133. The Balaban J connectivity index is 2.11. The van der Waals surface area contributed by atoms with E-state index < -0.39 is 24.1 Å². The second-order valence-electron chi connectivity index (χ2n) is 4.89. The highest BCUT2D eigenvalue weighted by atomic mass is 35.5. The van der Waals surface area contributed by atoms with Crippen molar-refractivity contribution in [1.82, 2.24) is 5.32 Å². The van der Waals surface area contributed by atoms with Gasteiger partial charge in [0.2, 0.25) is 0 Å². The highest BCUT2D eigenvalue weighted by molar-refractivity contribution is 6.31. The molecule has 1 unspecified atom stereocenters. The molecule has 0 spiro atoms. The van der Waals surface area contributed by atoms with E-state index in [-0.39, 0.29) is 16.1 Å². The van der Waals surface area contributed by atoms with Crippen LogP contribution in [-0.2, 0) is 0 Å². The summed E-state index contributed by atoms with van der Waals surface area (Å²) in [6.07, 6.45) is -0.473. The van der Waals surface area contributed by atoms with Gasteiger partial charge in [-0.25, -0.2) is 4.79 Å². The molecule has 1 aromatic rings. The summed E-state index contributed by atoms with van der Waals surface area (Å²) in [7, 11) is 0. The molecule has 0 radical (unpaired) electrons. The maximum absolute atomic E-state index is 12.7. The monoisotopic (exact) mass is 353 g/mol. The van der Waals surface area contributed by atoms with Crippen LogP contribution in [0.1, 0.15) is 17.0 Å². The van der Waals surface area contributed by atoms with Crippen LogP contribution in [0.2, 0.25) is 5.02 Å². The largest absolute Gasteiger partial charge is 0.573 e. The van der Waals surface area contributed by atoms with Crippen molar-refractivity contribution in [1.29, 1.82) is 5.26 Å². The second-order valence-corrected chi connectivity index (χ2v) is 5.30. The van der Waals surface area contributed by atoms with Gasteiger partial charge in [-0.15, -0.1) is 13.2 Å². The zero-order valence-electron chi connectivity index (χ0n) is 11.7. The molecule has 1 aliphatic heterocycles. The topological polar surface area (TPSA) is 74.5 Å². The maximum Gasteiger partial charge on any atom is 0.573 e. The Bertz CT molecular complexity index is 866. The molecule has 9 heteroatoms. The van der Waals surface area contributed by atoms with Crippen LogP contribution in [0.4, 0.5) is 18.0 Å². The zero-order valence-corrected chi connectivity index (χ0v) is 12.4. The minimum Gasteiger partial charge on any atom is -0.404 e.